The fraction of sp³-hybridized carbons (Fsp3) is 0. The maximum Gasteiger partial charge on any atom is 0.213 e. The maximum absolute atomic E-state index is 6.63. The molecular weight excluding hydrogens is 701 g/mol. The first kappa shape index (κ1) is 31.2. The molecule has 56 heavy (non-hydrogen) atoms. The third-order valence-corrected chi connectivity index (χ3v) is 12.5. The second-order valence-electron chi connectivity index (χ2n) is 14.5. The molecule has 3 heterocycles. The predicted molar refractivity (Wildman–Crippen MR) is 238 cm³/mol. The van der Waals surface area contributed by atoms with Crippen molar-refractivity contribution < 1.29 is 4.42 Å². The molecule has 0 saturated heterocycles. The number of thiophene rings is 1. The number of aromatic nitrogens is 1. The third-order valence-electron chi connectivity index (χ3n) is 11.4. The van der Waals surface area contributed by atoms with Crippen LogP contribution >= 0.6 is 11.3 Å². The predicted octanol–water partition coefficient (Wildman–Crippen LogP) is 15.3. The zero-order valence-electron chi connectivity index (χ0n) is 30.2. The molecule has 0 atom stereocenters. The van der Waals surface area contributed by atoms with Gasteiger partial charge in [0.15, 0.2) is 5.58 Å². The van der Waals surface area contributed by atoms with E-state index in [-0.39, 0.29) is 0 Å². The van der Waals surface area contributed by atoms with E-state index in [1.165, 1.54) is 47.1 Å². The Balaban J connectivity index is 0.999. The molecular formula is C52H32N2OS. The Morgan fingerprint density at radius 2 is 1.05 bits per heavy atom. The van der Waals surface area contributed by atoms with Gasteiger partial charge in [-0.1, -0.05) is 127 Å². The highest BCUT2D eigenvalue weighted by molar-refractivity contribution is 7.25. The molecule has 12 rings (SSSR count). The molecule has 3 aromatic heterocycles. The van der Waals surface area contributed by atoms with Gasteiger partial charge in [-0.15, -0.1) is 11.3 Å². The van der Waals surface area contributed by atoms with E-state index in [1.54, 1.807) is 0 Å². The quantitative estimate of drug-likeness (QED) is 0.164. The standard InChI is InChI=1S/C52H32N2OS/c1-2-11-35(12-3-1)51-44-15-6-8-16-46(44)54-47-31-36(22-28-48(47)55-52(51)54)33-20-23-38(24-21-33)53(40-26-29-50-45(32-40)43-14-7-9-17-49(43)56-50)39-25-27-42-37(30-39)19-18-34-10-4-5-13-41(34)42/h1-32H. The minimum absolute atomic E-state index is 0.870. The van der Waals surface area contributed by atoms with Gasteiger partial charge in [0.2, 0.25) is 5.71 Å². The molecule has 262 valence electrons. The summed E-state index contributed by atoms with van der Waals surface area (Å²) in [6, 6.07) is 70.3. The molecule has 0 amide bonds. The number of nitrogens with zero attached hydrogens (tertiary/aromatic N) is 2. The van der Waals surface area contributed by atoms with Crippen LogP contribution in [0.15, 0.2) is 199 Å². The van der Waals surface area contributed by atoms with Crippen molar-refractivity contribution in [1.29, 1.82) is 0 Å². The molecule has 9 aromatic carbocycles. The number of oxazole rings is 1. The monoisotopic (exact) mass is 732 g/mol. The molecule has 0 saturated carbocycles. The summed E-state index contributed by atoms with van der Waals surface area (Å²) in [5.41, 5.74) is 11.8. The fourth-order valence-corrected chi connectivity index (χ4v) is 9.83. The largest absolute Gasteiger partial charge is 0.438 e. The topological polar surface area (TPSA) is 20.8 Å². The SMILES string of the molecule is c1ccc(-c2c3ccccc3n3c2oc2ccc(-c4ccc(N(c5ccc6c(ccc7ccccc76)c5)c5ccc6sc7ccccc7c6c5)cc4)cc23)cc1. The number of para-hydroxylation sites is 1. The van der Waals surface area contributed by atoms with E-state index < -0.39 is 0 Å². The lowest BCUT2D eigenvalue weighted by molar-refractivity contribution is 0.658. The van der Waals surface area contributed by atoms with Crippen LogP contribution in [0.4, 0.5) is 17.1 Å². The summed E-state index contributed by atoms with van der Waals surface area (Å²) in [6.07, 6.45) is 0. The molecule has 0 N–H and O–H groups in total. The summed E-state index contributed by atoms with van der Waals surface area (Å²) in [4.78, 5) is 2.39. The van der Waals surface area contributed by atoms with Crippen molar-refractivity contribution >= 4 is 97.8 Å². The first-order valence-corrected chi connectivity index (χ1v) is 19.8. The Kier molecular flexibility index (Phi) is 6.80. The third kappa shape index (κ3) is 4.76. The van der Waals surface area contributed by atoms with Gasteiger partial charge in [-0.25, -0.2) is 0 Å². The van der Waals surface area contributed by atoms with Gasteiger partial charge < -0.3 is 9.32 Å². The van der Waals surface area contributed by atoms with Crippen molar-refractivity contribution in [2.24, 2.45) is 0 Å². The molecule has 0 unspecified atom stereocenters. The Bertz CT molecular complexity index is 3480. The molecule has 0 spiro atoms. The van der Waals surface area contributed by atoms with Crippen molar-refractivity contribution in [2.75, 3.05) is 4.90 Å². The molecule has 0 aliphatic heterocycles. The Morgan fingerprint density at radius 1 is 0.393 bits per heavy atom. The van der Waals surface area contributed by atoms with Crippen LogP contribution in [0.25, 0.3) is 91.7 Å². The van der Waals surface area contributed by atoms with E-state index in [0.717, 1.165) is 61.6 Å². The molecule has 3 nitrogen and oxygen atoms in total. The molecule has 12 aromatic rings. The summed E-state index contributed by atoms with van der Waals surface area (Å²) in [5.74, 6) is 0. The second kappa shape index (κ2) is 12.2. The summed E-state index contributed by atoms with van der Waals surface area (Å²) >= 11 is 1.85. The summed E-state index contributed by atoms with van der Waals surface area (Å²) in [5, 5.41) is 8.77. The second-order valence-corrected chi connectivity index (χ2v) is 15.6. The van der Waals surface area contributed by atoms with Crippen LogP contribution in [0.3, 0.4) is 0 Å². The number of hydrogen-bond donors (Lipinski definition) is 0. The van der Waals surface area contributed by atoms with Gasteiger partial charge in [0.05, 0.1) is 16.6 Å². The van der Waals surface area contributed by atoms with Gasteiger partial charge in [0, 0.05) is 42.6 Å². The molecule has 4 heteroatoms. The first-order valence-electron chi connectivity index (χ1n) is 19.0. The van der Waals surface area contributed by atoms with Crippen LogP contribution in [0, 0.1) is 0 Å². The Hall–Kier alpha value is -7.14. The van der Waals surface area contributed by atoms with Gasteiger partial charge in [0.1, 0.15) is 0 Å². The van der Waals surface area contributed by atoms with Crippen molar-refractivity contribution in [2.45, 2.75) is 0 Å². The average Bonchev–Trinajstić information content (AvgIpc) is 3.92. The van der Waals surface area contributed by atoms with Crippen LogP contribution in [0.2, 0.25) is 0 Å². The zero-order valence-corrected chi connectivity index (χ0v) is 31.0. The van der Waals surface area contributed by atoms with Gasteiger partial charge in [-0.2, -0.15) is 0 Å². The minimum Gasteiger partial charge on any atom is -0.438 e. The minimum atomic E-state index is 0.870. The van der Waals surface area contributed by atoms with E-state index in [4.69, 9.17) is 4.42 Å². The van der Waals surface area contributed by atoms with E-state index in [2.05, 4.69) is 203 Å². The smallest absolute Gasteiger partial charge is 0.213 e. The normalized spacial score (nSPS) is 11.9. The van der Waals surface area contributed by atoms with Crippen LogP contribution in [-0.2, 0) is 0 Å². The highest BCUT2D eigenvalue weighted by Gasteiger charge is 2.21. The van der Waals surface area contributed by atoms with Gasteiger partial charge in [-0.3, -0.25) is 4.40 Å². The highest BCUT2D eigenvalue weighted by Crippen LogP contribution is 2.43. The fourth-order valence-electron chi connectivity index (χ4n) is 8.74. The van der Waals surface area contributed by atoms with Gasteiger partial charge in [0.25, 0.3) is 0 Å². The lowest BCUT2D eigenvalue weighted by Gasteiger charge is -2.26. The first-order chi connectivity index (χ1) is 27.7. The van der Waals surface area contributed by atoms with Crippen molar-refractivity contribution in [3.63, 3.8) is 0 Å². The zero-order chi connectivity index (χ0) is 36.7. The molecule has 0 bridgehead atoms. The molecule has 0 aliphatic carbocycles. The number of hydrogen-bond acceptors (Lipinski definition) is 3. The van der Waals surface area contributed by atoms with Crippen molar-refractivity contribution in [3.8, 4) is 22.3 Å². The van der Waals surface area contributed by atoms with Crippen LogP contribution < -0.4 is 4.90 Å². The van der Waals surface area contributed by atoms with Crippen LogP contribution in [-0.4, -0.2) is 4.40 Å². The number of benzene rings is 9. The van der Waals surface area contributed by atoms with Crippen molar-refractivity contribution in [3.05, 3.63) is 194 Å². The molecule has 0 aliphatic rings. The summed E-state index contributed by atoms with van der Waals surface area (Å²) < 4.78 is 11.5. The van der Waals surface area contributed by atoms with Crippen LogP contribution in [0.5, 0.6) is 0 Å². The average molecular weight is 733 g/mol. The maximum atomic E-state index is 6.63. The molecule has 0 fully saturated rings. The Labute approximate surface area is 326 Å². The van der Waals surface area contributed by atoms with E-state index in [0.29, 0.717) is 0 Å². The lowest BCUT2D eigenvalue weighted by Crippen LogP contribution is -2.09. The highest BCUT2D eigenvalue weighted by atomic mass is 32.1. The lowest BCUT2D eigenvalue weighted by atomic mass is 10.0. The number of anilines is 3. The van der Waals surface area contributed by atoms with Gasteiger partial charge >= 0.3 is 0 Å². The number of fused-ring (bicyclic) bond motifs is 11. The van der Waals surface area contributed by atoms with Gasteiger partial charge in [-0.05, 0) is 105 Å². The van der Waals surface area contributed by atoms with Crippen LogP contribution in [0.1, 0.15) is 0 Å². The summed E-state index contributed by atoms with van der Waals surface area (Å²) in [6.45, 7) is 0. The number of rotatable bonds is 5. The van der Waals surface area contributed by atoms with E-state index in [9.17, 15) is 0 Å². The Morgan fingerprint density at radius 3 is 1.95 bits per heavy atom. The van der Waals surface area contributed by atoms with E-state index >= 15 is 0 Å². The van der Waals surface area contributed by atoms with E-state index in [1.807, 2.05) is 11.3 Å². The molecule has 0 radical (unpaired) electrons. The van der Waals surface area contributed by atoms with Crippen molar-refractivity contribution in [1.82, 2.24) is 4.40 Å². The summed E-state index contributed by atoms with van der Waals surface area (Å²) in [7, 11) is 0.